The summed E-state index contributed by atoms with van der Waals surface area (Å²) in [5.74, 6) is 0. The Morgan fingerprint density at radius 1 is 0.750 bits per heavy atom. The SMILES string of the molecule is Cc1cc(S(=O)(=O)O)cc2cc(S(=O)(=O)O)c(N=Nc3cccc4ccccc34)c(C)c12. The van der Waals surface area contributed by atoms with Crippen molar-refractivity contribution in [2.24, 2.45) is 10.2 Å². The Labute approximate surface area is 184 Å². The fourth-order valence-corrected chi connectivity index (χ4v) is 5.10. The molecule has 0 amide bonds. The number of nitrogens with zero attached hydrogens (tertiary/aromatic N) is 2. The van der Waals surface area contributed by atoms with E-state index in [4.69, 9.17) is 0 Å². The highest BCUT2D eigenvalue weighted by molar-refractivity contribution is 7.86. The van der Waals surface area contributed by atoms with Crippen molar-refractivity contribution in [2.45, 2.75) is 23.6 Å². The van der Waals surface area contributed by atoms with E-state index < -0.39 is 25.1 Å². The molecule has 164 valence electrons. The number of azo groups is 1. The fourth-order valence-electron chi connectivity index (χ4n) is 3.79. The van der Waals surface area contributed by atoms with Crippen LogP contribution in [-0.2, 0) is 20.2 Å². The minimum absolute atomic E-state index is 0.0596. The van der Waals surface area contributed by atoms with Crippen molar-refractivity contribution in [1.29, 1.82) is 0 Å². The van der Waals surface area contributed by atoms with E-state index in [1.807, 2.05) is 30.3 Å². The molecule has 4 aromatic carbocycles. The summed E-state index contributed by atoms with van der Waals surface area (Å²) in [7, 11) is -9.23. The lowest BCUT2D eigenvalue weighted by molar-refractivity contribution is 0.481. The Bertz CT molecular complexity index is 1640. The Morgan fingerprint density at radius 3 is 2.12 bits per heavy atom. The molecule has 0 unspecified atom stereocenters. The van der Waals surface area contributed by atoms with Crippen LogP contribution in [-0.4, -0.2) is 25.9 Å². The lowest BCUT2D eigenvalue weighted by Gasteiger charge is -2.13. The lowest BCUT2D eigenvalue weighted by atomic mass is 9.99. The number of hydrogen-bond donors (Lipinski definition) is 2. The number of rotatable bonds is 4. The van der Waals surface area contributed by atoms with E-state index in [2.05, 4.69) is 10.2 Å². The maximum Gasteiger partial charge on any atom is 0.296 e. The highest BCUT2D eigenvalue weighted by atomic mass is 32.2. The highest BCUT2D eigenvalue weighted by Gasteiger charge is 2.22. The van der Waals surface area contributed by atoms with E-state index in [1.54, 1.807) is 26.0 Å². The molecular formula is C22H18N2O6S2. The van der Waals surface area contributed by atoms with Crippen LogP contribution in [0.5, 0.6) is 0 Å². The average Bonchev–Trinajstić information content (AvgIpc) is 2.71. The van der Waals surface area contributed by atoms with Gasteiger partial charge in [-0.25, -0.2) is 0 Å². The number of fused-ring (bicyclic) bond motifs is 2. The van der Waals surface area contributed by atoms with Gasteiger partial charge in [0, 0.05) is 5.39 Å². The van der Waals surface area contributed by atoms with Gasteiger partial charge in [-0.1, -0.05) is 36.4 Å². The molecule has 4 aromatic rings. The minimum atomic E-state index is -4.72. The largest absolute Gasteiger partial charge is 0.296 e. The predicted molar refractivity (Wildman–Crippen MR) is 121 cm³/mol. The zero-order valence-electron chi connectivity index (χ0n) is 17.0. The molecule has 0 heterocycles. The van der Waals surface area contributed by atoms with Gasteiger partial charge in [0.05, 0.1) is 10.6 Å². The summed E-state index contributed by atoms with van der Waals surface area (Å²) in [6.07, 6.45) is 0. The van der Waals surface area contributed by atoms with Crippen molar-refractivity contribution in [3.63, 3.8) is 0 Å². The van der Waals surface area contributed by atoms with E-state index in [0.717, 1.165) is 22.9 Å². The monoisotopic (exact) mass is 470 g/mol. The van der Waals surface area contributed by atoms with Crippen molar-refractivity contribution in [3.05, 3.63) is 71.8 Å². The molecule has 0 saturated heterocycles. The molecule has 0 radical (unpaired) electrons. The molecule has 0 aliphatic carbocycles. The second-order valence-electron chi connectivity index (χ2n) is 7.34. The fraction of sp³-hybridized carbons (Fsp3) is 0.0909. The molecule has 0 aliphatic rings. The third-order valence-corrected chi connectivity index (χ3v) is 6.89. The van der Waals surface area contributed by atoms with Gasteiger partial charge in [0.15, 0.2) is 0 Å². The summed E-state index contributed by atoms with van der Waals surface area (Å²) in [5, 5.41) is 10.9. The van der Waals surface area contributed by atoms with Crippen molar-refractivity contribution in [2.75, 3.05) is 0 Å². The van der Waals surface area contributed by atoms with Crippen molar-refractivity contribution >= 4 is 53.2 Å². The van der Waals surface area contributed by atoms with E-state index in [0.29, 0.717) is 22.2 Å². The van der Waals surface area contributed by atoms with Crippen molar-refractivity contribution in [3.8, 4) is 0 Å². The number of benzene rings is 4. The van der Waals surface area contributed by atoms with Crippen LogP contribution in [0.4, 0.5) is 11.4 Å². The summed E-state index contributed by atoms with van der Waals surface area (Å²) in [4.78, 5) is -0.897. The normalized spacial score (nSPS) is 12.8. The Morgan fingerprint density at radius 2 is 1.44 bits per heavy atom. The molecule has 0 fully saturated rings. The van der Waals surface area contributed by atoms with E-state index >= 15 is 0 Å². The van der Waals surface area contributed by atoms with Crippen LogP contribution in [0.25, 0.3) is 21.5 Å². The molecule has 32 heavy (non-hydrogen) atoms. The Balaban J connectivity index is 2.01. The van der Waals surface area contributed by atoms with Crippen molar-refractivity contribution < 1.29 is 25.9 Å². The third-order valence-electron chi connectivity index (χ3n) is 5.19. The first-order valence-electron chi connectivity index (χ1n) is 9.39. The zero-order valence-corrected chi connectivity index (χ0v) is 18.6. The molecule has 2 N–H and O–H groups in total. The van der Waals surface area contributed by atoms with E-state index in [9.17, 15) is 25.9 Å². The van der Waals surface area contributed by atoms with Gasteiger partial charge < -0.3 is 0 Å². The van der Waals surface area contributed by atoms with Crippen LogP contribution in [0.2, 0.25) is 0 Å². The molecule has 4 rings (SSSR count). The van der Waals surface area contributed by atoms with Crippen LogP contribution >= 0.6 is 0 Å². The van der Waals surface area contributed by atoms with Gasteiger partial charge >= 0.3 is 0 Å². The summed E-state index contributed by atoms with van der Waals surface area (Å²) in [5.41, 5.74) is 1.33. The summed E-state index contributed by atoms with van der Waals surface area (Å²) in [6, 6.07) is 16.5. The lowest BCUT2D eigenvalue weighted by Crippen LogP contribution is -2.03. The smallest absolute Gasteiger partial charge is 0.282 e. The molecule has 0 aliphatic heterocycles. The summed E-state index contributed by atoms with van der Waals surface area (Å²) < 4.78 is 66.6. The van der Waals surface area contributed by atoms with Crippen LogP contribution in [0.1, 0.15) is 11.1 Å². The van der Waals surface area contributed by atoms with Crippen LogP contribution in [0.3, 0.4) is 0 Å². The quantitative estimate of drug-likeness (QED) is 0.298. The molecule has 0 atom stereocenters. The first-order valence-corrected chi connectivity index (χ1v) is 12.3. The van der Waals surface area contributed by atoms with Gasteiger partial charge in [-0.15, -0.1) is 10.2 Å². The molecule has 10 heteroatoms. The van der Waals surface area contributed by atoms with Gasteiger partial charge in [-0.3, -0.25) is 9.11 Å². The minimum Gasteiger partial charge on any atom is -0.282 e. The molecule has 0 saturated carbocycles. The van der Waals surface area contributed by atoms with Crippen molar-refractivity contribution in [1.82, 2.24) is 0 Å². The van der Waals surface area contributed by atoms with Gasteiger partial charge in [0.2, 0.25) is 0 Å². The van der Waals surface area contributed by atoms with Crippen LogP contribution in [0, 0.1) is 13.8 Å². The first-order chi connectivity index (χ1) is 15.0. The average molecular weight is 471 g/mol. The molecule has 0 aromatic heterocycles. The van der Waals surface area contributed by atoms with E-state index in [-0.39, 0.29) is 16.0 Å². The van der Waals surface area contributed by atoms with Gasteiger partial charge in [-0.2, -0.15) is 16.8 Å². The van der Waals surface area contributed by atoms with Gasteiger partial charge in [-0.05, 0) is 65.4 Å². The second-order valence-corrected chi connectivity index (χ2v) is 10.1. The highest BCUT2D eigenvalue weighted by Crippen LogP contribution is 2.38. The van der Waals surface area contributed by atoms with E-state index in [1.165, 1.54) is 6.07 Å². The number of hydrogen-bond acceptors (Lipinski definition) is 6. The Hall–Kier alpha value is -3.18. The van der Waals surface area contributed by atoms with Crippen LogP contribution in [0.15, 0.2) is 80.7 Å². The molecule has 0 spiro atoms. The first kappa shape index (κ1) is 22.0. The zero-order chi connectivity index (χ0) is 23.3. The topological polar surface area (TPSA) is 133 Å². The standard InChI is InChI=1S/C22H18N2O6S2/c1-13-10-17(31(25,26)27)11-16-12-20(32(28,29)30)22(14(2)21(13)16)24-23-19-9-5-7-15-6-3-4-8-18(15)19/h3-12H,1-2H3,(H,25,26,27)(H,28,29,30). The molecule has 8 nitrogen and oxygen atoms in total. The Kier molecular flexibility index (Phi) is 5.33. The predicted octanol–water partition coefficient (Wildman–Crippen LogP) is 5.52. The maximum atomic E-state index is 12.1. The second kappa shape index (κ2) is 7.75. The van der Waals surface area contributed by atoms with Gasteiger partial charge in [0.1, 0.15) is 10.6 Å². The number of aryl methyl sites for hydroxylation is 2. The maximum absolute atomic E-state index is 12.1. The summed E-state index contributed by atoms with van der Waals surface area (Å²) in [6.45, 7) is 3.23. The summed E-state index contributed by atoms with van der Waals surface area (Å²) >= 11 is 0. The molecule has 0 bridgehead atoms. The van der Waals surface area contributed by atoms with Crippen LogP contribution < -0.4 is 0 Å². The van der Waals surface area contributed by atoms with Gasteiger partial charge in [0.25, 0.3) is 20.2 Å². The third kappa shape index (κ3) is 4.00. The molecular weight excluding hydrogens is 452 g/mol.